The van der Waals surface area contributed by atoms with Gasteiger partial charge in [0.25, 0.3) is 0 Å². The maximum atomic E-state index is 2.47. The van der Waals surface area contributed by atoms with Gasteiger partial charge in [-0.05, 0) is 95.4 Å². The number of rotatable bonds is 3. The van der Waals surface area contributed by atoms with Gasteiger partial charge in [0.2, 0.25) is 0 Å². The van der Waals surface area contributed by atoms with Gasteiger partial charge in [-0.15, -0.1) is 0 Å². The van der Waals surface area contributed by atoms with E-state index in [4.69, 9.17) is 0 Å². The highest BCUT2D eigenvalue weighted by Crippen LogP contribution is 2.33. The summed E-state index contributed by atoms with van der Waals surface area (Å²) in [6.45, 7) is 8.49. The molecule has 0 saturated heterocycles. The average molecular weight is 581 g/mol. The fourth-order valence-corrected chi connectivity index (χ4v) is 7.30. The van der Waals surface area contributed by atoms with Crippen LogP contribution in [-0.2, 0) is 13.1 Å². The predicted octanol–water partition coefficient (Wildman–Crippen LogP) is 11.6. The number of aryl methyl sites for hydroxylation is 3. The highest BCUT2D eigenvalue weighted by atomic mass is 15.0. The minimum atomic E-state index is 0.863. The van der Waals surface area contributed by atoms with Crippen molar-refractivity contribution in [3.8, 4) is 0 Å². The SMILES string of the molecule is CCn1c2ccccc2c2ccccc21.Cc1ccc(C)c2cc3c(Cn4c5ccccc5c5ccccc54)cccc3cc12. The van der Waals surface area contributed by atoms with Crippen LogP contribution in [0.2, 0.25) is 0 Å². The molecule has 218 valence electrons. The van der Waals surface area contributed by atoms with E-state index in [1.54, 1.807) is 0 Å². The fourth-order valence-electron chi connectivity index (χ4n) is 7.30. The van der Waals surface area contributed by atoms with E-state index in [0.29, 0.717) is 0 Å². The first-order chi connectivity index (χ1) is 22.1. The molecule has 2 aromatic heterocycles. The van der Waals surface area contributed by atoms with E-state index in [2.05, 4.69) is 169 Å². The lowest BCUT2D eigenvalue weighted by atomic mass is 9.95. The molecule has 2 heteroatoms. The van der Waals surface area contributed by atoms with Crippen LogP contribution < -0.4 is 0 Å². The molecule has 0 aliphatic carbocycles. The quantitative estimate of drug-likeness (QED) is 0.184. The maximum Gasteiger partial charge on any atom is 0.0494 e. The fraction of sp³-hybridized carbons (Fsp3) is 0.116. The molecule has 2 nitrogen and oxygen atoms in total. The van der Waals surface area contributed by atoms with Crippen LogP contribution >= 0.6 is 0 Å². The van der Waals surface area contributed by atoms with Crippen LogP contribution in [0.3, 0.4) is 0 Å². The Kier molecular flexibility index (Phi) is 6.64. The van der Waals surface area contributed by atoms with E-state index in [1.807, 2.05) is 0 Å². The van der Waals surface area contributed by atoms with Gasteiger partial charge in [0.15, 0.2) is 0 Å². The van der Waals surface area contributed by atoms with Gasteiger partial charge in [-0.2, -0.15) is 0 Å². The molecule has 0 spiro atoms. The number of fused-ring (bicyclic) bond motifs is 8. The summed E-state index contributed by atoms with van der Waals surface area (Å²) in [6.07, 6.45) is 0. The Hall–Kier alpha value is -5.34. The molecule has 0 unspecified atom stereocenters. The molecule has 0 fully saturated rings. The Balaban J connectivity index is 0.000000168. The zero-order valence-electron chi connectivity index (χ0n) is 26.1. The van der Waals surface area contributed by atoms with E-state index in [9.17, 15) is 0 Å². The second-order valence-corrected chi connectivity index (χ2v) is 12.1. The third kappa shape index (κ3) is 4.48. The first-order valence-corrected chi connectivity index (χ1v) is 16.0. The first kappa shape index (κ1) is 27.2. The lowest BCUT2D eigenvalue weighted by Gasteiger charge is -2.13. The monoisotopic (exact) mass is 580 g/mol. The Bertz CT molecular complexity index is 2420. The molecule has 0 aliphatic heterocycles. The molecule has 0 atom stereocenters. The largest absolute Gasteiger partial charge is 0.341 e. The van der Waals surface area contributed by atoms with Gasteiger partial charge in [0, 0.05) is 56.7 Å². The Morgan fingerprint density at radius 2 is 0.844 bits per heavy atom. The van der Waals surface area contributed by atoms with Gasteiger partial charge in [0.1, 0.15) is 0 Å². The molecule has 9 aromatic rings. The van der Waals surface area contributed by atoms with Gasteiger partial charge in [-0.25, -0.2) is 0 Å². The molecule has 0 saturated carbocycles. The Labute approximate surface area is 263 Å². The van der Waals surface area contributed by atoms with E-state index < -0.39 is 0 Å². The van der Waals surface area contributed by atoms with Crippen LogP contribution in [0.25, 0.3) is 65.2 Å². The van der Waals surface area contributed by atoms with E-state index in [-0.39, 0.29) is 0 Å². The van der Waals surface area contributed by atoms with Crippen LogP contribution in [0.5, 0.6) is 0 Å². The van der Waals surface area contributed by atoms with Crippen LogP contribution in [-0.4, -0.2) is 9.13 Å². The molecule has 0 N–H and O–H groups in total. The summed E-state index contributed by atoms with van der Waals surface area (Å²) in [6, 6.07) is 50.6. The number of benzene rings is 7. The summed E-state index contributed by atoms with van der Waals surface area (Å²) in [5.74, 6) is 0. The molecule has 45 heavy (non-hydrogen) atoms. The molecule has 2 heterocycles. The van der Waals surface area contributed by atoms with Gasteiger partial charge in [0.05, 0.1) is 0 Å². The second-order valence-electron chi connectivity index (χ2n) is 12.1. The van der Waals surface area contributed by atoms with Crippen molar-refractivity contribution >= 4 is 65.2 Å². The smallest absolute Gasteiger partial charge is 0.0494 e. The van der Waals surface area contributed by atoms with Crippen molar-refractivity contribution in [3.05, 3.63) is 156 Å². The Morgan fingerprint density at radius 1 is 0.400 bits per heavy atom. The van der Waals surface area contributed by atoms with Gasteiger partial charge < -0.3 is 9.13 Å². The molecule has 0 amide bonds. The molecule has 7 aromatic carbocycles. The predicted molar refractivity (Wildman–Crippen MR) is 195 cm³/mol. The van der Waals surface area contributed by atoms with E-state index >= 15 is 0 Å². The topological polar surface area (TPSA) is 9.86 Å². The molecular weight excluding hydrogens is 544 g/mol. The molecule has 0 radical (unpaired) electrons. The summed E-state index contributed by atoms with van der Waals surface area (Å²) >= 11 is 0. The first-order valence-electron chi connectivity index (χ1n) is 16.0. The van der Waals surface area contributed by atoms with Crippen LogP contribution in [0, 0.1) is 13.8 Å². The normalized spacial score (nSPS) is 11.6. The van der Waals surface area contributed by atoms with Crippen LogP contribution in [0.4, 0.5) is 0 Å². The zero-order chi connectivity index (χ0) is 30.5. The summed E-state index contributed by atoms with van der Waals surface area (Å²) in [4.78, 5) is 0. The van der Waals surface area contributed by atoms with Crippen LogP contribution in [0.15, 0.2) is 140 Å². The van der Waals surface area contributed by atoms with Crippen molar-refractivity contribution in [3.63, 3.8) is 0 Å². The van der Waals surface area contributed by atoms with Crippen molar-refractivity contribution in [1.82, 2.24) is 9.13 Å². The number of hydrogen-bond donors (Lipinski definition) is 0. The van der Waals surface area contributed by atoms with Gasteiger partial charge in [-0.1, -0.05) is 103 Å². The third-order valence-corrected chi connectivity index (χ3v) is 9.55. The molecular formula is C43H36N2. The van der Waals surface area contributed by atoms with E-state index in [1.165, 1.54) is 81.8 Å². The third-order valence-electron chi connectivity index (χ3n) is 9.55. The highest BCUT2D eigenvalue weighted by molar-refractivity contribution is 6.09. The number of aromatic nitrogens is 2. The standard InChI is InChI=1S/C29H23N.C14H13N/c1-19-14-15-20(2)26-17-27-21(16-25(19)26)8-7-9-22(27)18-30-28-12-5-3-10-23(28)24-11-4-6-13-29(24)30;1-2-15-13-9-5-3-7-11(13)12-8-4-6-10-14(12)15/h3-17H,18H2,1-2H3;3-10H,2H2,1H3. The highest BCUT2D eigenvalue weighted by Gasteiger charge is 2.13. The lowest BCUT2D eigenvalue weighted by molar-refractivity contribution is 0.827. The number of para-hydroxylation sites is 4. The van der Waals surface area contributed by atoms with E-state index in [0.717, 1.165) is 13.1 Å². The molecule has 9 rings (SSSR count). The van der Waals surface area contributed by atoms with Crippen LogP contribution in [0.1, 0.15) is 23.6 Å². The lowest BCUT2D eigenvalue weighted by Crippen LogP contribution is -2.00. The average Bonchev–Trinajstić information content (AvgIpc) is 3.59. The maximum absolute atomic E-state index is 2.47. The summed E-state index contributed by atoms with van der Waals surface area (Å²) in [7, 11) is 0. The zero-order valence-corrected chi connectivity index (χ0v) is 26.1. The summed E-state index contributed by atoms with van der Waals surface area (Å²) in [5.41, 5.74) is 9.30. The van der Waals surface area contributed by atoms with Crippen molar-refractivity contribution in [2.75, 3.05) is 0 Å². The Morgan fingerprint density at radius 3 is 1.33 bits per heavy atom. The van der Waals surface area contributed by atoms with Crippen molar-refractivity contribution in [2.24, 2.45) is 0 Å². The van der Waals surface area contributed by atoms with Gasteiger partial charge >= 0.3 is 0 Å². The van der Waals surface area contributed by atoms with Gasteiger partial charge in [-0.3, -0.25) is 0 Å². The van der Waals surface area contributed by atoms with Crippen molar-refractivity contribution in [1.29, 1.82) is 0 Å². The summed E-state index contributed by atoms with van der Waals surface area (Å²) < 4.78 is 4.83. The minimum absolute atomic E-state index is 0.863. The summed E-state index contributed by atoms with van der Waals surface area (Å²) in [5, 5.41) is 10.7. The van der Waals surface area contributed by atoms with Crippen molar-refractivity contribution < 1.29 is 0 Å². The molecule has 0 aliphatic rings. The van der Waals surface area contributed by atoms with Crippen molar-refractivity contribution in [2.45, 2.75) is 33.9 Å². The molecule has 0 bridgehead atoms. The number of nitrogens with zero attached hydrogens (tertiary/aromatic N) is 2. The minimum Gasteiger partial charge on any atom is -0.341 e. The second kappa shape index (κ2) is 11.0. The number of hydrogen-bond acceptors (Lipinski definition) is 0.